The molecule has 0 saturated carbocycles. The van der Waals surface area contributed by atoms with Crippen LogP contribution in [0.3, 0.4) is 0 Å². The molecule has 1 aliphatic heterocycles. The molecule has 1 heterocycles. The Kier molecular flexibility index (Phi) is 6.71. The van der Waals surface area contributed by atoms with Gasteiger partial charge >= 0.3 is 0 Å². The number of carbonyl (C=O) groups is 2. The SMILES string of the molecule is CSc1ccc(/C=C/C(=O)N2CCC(C(=O)Nc3ccccc3)CC2)cc1. The predicted octanol–water partition coefficient (Wildman–Crippen LogP) is 4.30. The molecule has 0 spiro atoms. The minimum Gasteiger partial charge on any atom is -0.339 e. The zero-order chi connectivity index (χ0) is 19.1. The molecule has 1 fully saturated rings. The number of para-hydroxylation sites is 1. The van der Waals surface area contributed by atoms with Gasteiger partial charge in [-0.15, -0.1) is 11.8 Å². The third-order valence-electron chi connectivity index (χ3n) is 4.75. The van der Waals surface area contributed by atoms with Crippen LogP contribution in [-0.4, -0.2) is 36.1 Å². The number of amides is 2. The van der Waals surface area contributed by atoms with Crippen LogP contribution in [0.25, 0.3) is 6.08 Å². The lowest BCUT2D eigenvalue weighted by Gasteiger charge is -2.30. The zero-order valence-corrected chi connectivity index (χ0v) is 16.2. The van der Waals surface area contributed by atoms with Crippen molar-refractivity contribution in [2.45, 2.75) is 17.7 Å². The lowest BCUT2D eigenvalue weighted by atomic mass is 9.95. The summed E-state index contributed by atoms with van der Waals surface area (Å²) in [6.07, 6.45) is 6.90. The molecule has 0 aromatic heterocycles. The van der Waals surface area contributed by atoms with E-state index >= 15 is 0 Å². The largest absolute Gasteiger partial charge is 0.339 e. The number of nitrogens with zero attached hydrogens (tertiary/aromatic N) is 1. The second kappa shape index (κ2) is 9.42. The predicted molar refractivity (Wildman–Crippen MR) is 112 cm³/mol. The Labute approximate surface area is 164 Å². The van der Waals surface area contributed by atoms with Crippen LogP contribution < -0.4 is 5.32 Å². The second-order valence-electron chi connectivity index (χ2n) is 6.56. The second-order valence-corrected chi connectivity index (χ2v) is 7.44. The Hall–Kier alpha value is -2.53. The Morgan fingerprint density at radius 3 is 2.33 bits per heavy atom. The van der Waals surface area contributed by atoms with Gasteiger partial charge in [0, 0.05) is 35.7 Å². The average molecular weight is 381 g/mol. The zero-order valence-electron chi connectivity index (χ0n) is 15.4. The van der Waals surface area contributed by atoms with Crippen molar-refractivity contribution in [1.29, 1.82) is 0 Å². The fourth-order valence-electron chi connectivity index (χ4n) is 3.12. The number of anilines is 1. The smallest absolute Gasteiger partial charge is 0.246 e. The molecule has 140 valence electrons. The van der Waals surface area contributed by atoms with Gasteiger partial charge in [0.2, 0.25) is 11.8 Å². The maximum Gasteiger partial charge on any atom is 0.246 e. The van der Waals surface area contributed by atoms with E-state index in [0.717, 1.165) is 11.3 Å². The van der Waals surface area contributed by atoms with Crippen molar-refractivity contribution in [2.24, 2.45) is 5.92 Å². The fraction of sp³-hybridized carbons (Fsp3) is 0.273. The highest BCUT2D eigenvalue weighted by Crippen LogP contribution is 2.20. The molecule has 0 bridgehead atoms. The maximum atomic E-state index is 12.4. The van der Waals surface area contributed by atoms with Crippen molar-refractivity contribution >= 4 is 35.3 Å². The van der Waals surface area contributed by atoms with Gasteiger partial charge in [-0.2, -0.15) is 0 Å². The molecule has 1 aliphatic rings. The molecule has 1 saturated heterocycles. The van der Waals surface area contributed by atoms with Crippen molar-refractivity contribution < 1.29 is 9.59 Å². The molecule has 0 atom stereocenters. The summed E-state index contributed by atoms with van der Waals surface area (Å²) in [6.45, 7) is 1.23. The number of hydrogen-bond donors (Lipinski definition) is 1. The molecule has 0 unspecified atom stereocenters. The molecule has 2 aromatic carbocycles. The Morgan fingerprint density at radius 2 is 1.70 bits per heavy atom. The molecule has 1 N–H and O–H groups in total. The molecule has 0 aliphatic carbocycles. The Balaban J connectivity index is 1.48. The van der Waals surface area contributed by atoms with Crippen LogP contribution in [0.15, 0.2) is 65.6 Å². The van der Waals surface area contributed by atoms with Gasteiger partial charge in [-0.1, -0.05) is 30.3 Å². The minimum atomic E-state index is -0.0441. The number of likely N-dealkylation sites (tertiary alicyclic amines) is 1. The lowest BCUT2D eigenvalue weighted by Crippen LogP contribution is -2.40. The standard InChI is InChI=1S/C22H24N2O2S/c1-27-20-10-7-17(8-11-20)9-12-21(25)24-15-13-18(14-16-24)22(26)23-19-5-3-2-4-6-19/h2-12,18H,13-16H2,1H3,(H,23,26)/b12-9+. The van der Waals surface area contributed by atoms with Crippen LogP contribution in [0.4, 0.5) is 5.69 Å². The van der Waals surface area contributed by atoms with E-state index in [4.69, 9.17) is 0 Å². The number of hydrogen-bond acceptors (Lipinski definition) is 3. The molecule has 5 heteroatoms. The summed E-state index contributed by atoms with van der Waals surface area (Å²) < 4.78 is 0. The first kappa shape index (κ1) is 19.2. The number of carbonyl (C=O) groups excluding carboxylic acids is 2. The quantitative estimate of drug-likeness (QED) is 0.621. The van der Waals surface area contributed by atoms with Crippen LogP contribution in [0.2, 0.25) is 0 Å². The molecule has 2 aromatic rings. The van der Waals surface area contributed by atoms with Crippen molar-refractivity contribution in [1.82, 2.24) is 4.90 Å². The third-order valence-corrected chi connectivity index (χ3v) is 5.50. The van der Waals surface area contributed by atoms with E-state index in [9.17, 15) is 9.59 Å². The van der Waals surface area contributed by atoms with Gasteiger partial charge in [-0.25, -0.2) is 0 Å². The van der Waals surface area contributed by atoms with Gasteiger partial charge in [0.25, 0.3) is 0 Å². The van der Waals surface area contributed by atoms with Crippen LogP contribution in [0.5, 0.6) is 0 Å². The van der Waals surface area contributed by atoms with E-state index in [1.54, 1.807) is 17.8 Å². The molecule has 2 amide bonds. The maximum absolute atomic E-state index is 12.4. The van der Waals surface area contributed by atoms with Crippen molar-refractivity contribution in [3.8, 4) is 0 Å². The average Bonchev–Trinajstić information content (AvgIpc) is 2.73. The van der Waals surface area contributed by atoms with Crippen LogP contribution in [0.1, 0.15) is 18.4 Å². The summed E-state index contributed by atoms with van der Waals surface area (Å²) in [5.74, 6) is 0.000842. The number of benzene rings is 2. The van der Waals surface area contributed by atoms with Crippen LogP contribution in [-0.2, 0) is 9.59 Å². The third kappa shape index (κ3) is 5.47. The van der Waals surface area contributed by atoms with E-state index in [0.29, 0.717) is 25.9 Å². The Morgan fingerprint density at radius 1 is 1.04 bits per heavy atom. The summed E-state index contributed by atoms with van der Waals surface area (Å²) in [5, 5.41) is 2.95. The first-order valence-corrected chi connectivity index (χ1v) is 10.3. The monoisotopic (exact) mass is 380 g/mol. The number of piperidine rings is 1. The number of nitrogens with one attached hydrogen (secondary N) is 1. The summed E-state index contributed by atoms with van der Waals surface area (Å²) in [5.41, 5.74) is 1.83. The molecule has 3 rings (SSSR count). The first-order valence-electron chi connectivity index (χ1n) is 9.12. The van der Waals surface area contributed by atoms with Crippen LogP contribution in [0, 0.1) is 5.92 Å². The number of thioether (sulfide) groups is 1. The van der Waals surface area contributed by atoms with E-state index in [1.807, 2.05) is 71.8 Å². The van der Waals surface area contributed by atoms with Crippen molar-refractivity contribution in [2.75, 3.05) is 24.7 Å². The van der Waals surface area contributed by atoms with E-state index in [2.05, 4.69) is 5.32 Å². The fourth-order valence-corrected chi connectivity index (χ4v) is 3.52. The topological polar surface area (TPSA) is 49.4 Å². The van der Waals surface area contributed by atoms with Crippen LogP contribution >= 0.6 is 11.8 Å². The highest BCUT2D eigenvalue weighted by molar-refractivity contribution is 7.98. The molecule has 27 heavy (non-hydrogen) atoms. The highest BCUT2D eigenvalue weighted by Gasteiger charge is 2.26. The summed E-state index contributed by atoms with van der Waals surface area (Å²) >= 11 is 1.70. The van der Waals surface area contributed by atoms with Gasteiger partial charge in [0.1, 0.15) is 0 Å². The van der Waals surface area contributed by atoms with E-state index in [1.165, 1.54) is 4.90 Å². The molecule has 4 nitrogen and oxygen atoms in total. The summed E-state index contributed by atoms with van der Waals surface area (Å²) in [6, 6.07) is 17.6. The normalized spacial score (nSPS) is 15.1. The highest BCUT2D eigenvalue weighted by atomic mass is 32.2. The van der Waals surface area contributed by atoms with E-state index < -0.39 is 0 Å². The summed E-state index contributed by atoms with van der Waals surface area (Å²) in [7, 11) is 0. The number of rotatable bonds is 5. The Bertz CT molecular complexity index is 795. The van der Waals surface area contributed by atoms with Crippen molar-refractivity contribution in [3.63, 3.8) is 0 Å². The summed E-state index contributed by atoms with van der Waals surface area (Å²) in [4.78, 5) is 27.8. The van der Waals surface area contributed by atoms with Crippen molar-refractivity contribution in [3.05, 3.63) is 66.2 Å². The molecular weight excluding hydrogens is 356 g/mol. The van der Waals surface area contributed by atoms with Gasteiger partial charge < -0.3 is 10.2 Å². The van der Waals surface area contributed by atoms with E-state index in [-0.39, 0.29) is 17.7 Å². The minimum absolute atomic E-state index is 0.00543. The van der Waals surface area contributed by atoms with Gasteiger partial charge in [0.15, 0.2) is 0 Å². The van der Waals surface area contributed by atoms with Gasteiger partial charge in [0.05, 0.1) is 0 Å². The van der Waals surface area contributed by atoms with Gasteiger partial charge in [-0.05, 0) is 55.0 Å². The molecule has 0 radical (unpaired) electrons. The van der Waals surface area contributed by atoms with Gasteiger partial charge in [-0.3, -0.25) is 9.59 Å². The first-order chi connectivity index (χ1) is 13.2. The molecular formula is C22H24N2O2S. The lowest BCUT2D eigenvalue weighted by molar-refractivity contribution is -0.130.